The van der Waals surface area contributed by atoms with Gasteiger partial charge in [-0.2, -0.15) is 0 Å². The normalized spacial score (nSPS) is 14.1. The number of carbonyl (C=O) groups is 4. The third-order valence-electron chi connectivity index (χ3n) is 6.60. The first-order valence-electron chi connectivity index (χ1n) is 12.6. The van der Waals surface area contributed by atoms with Crippen LogP contribution in [0.5, 0.6) is 0 Å². The molecule has 202 valence electrons. The van der Waals surface area contributed by atoms with E-state index in [1.54, 1.807) is 21.0 Å². The van der Waals surface area contributed by atoms with Gasteiger partial charge < -0.3 is 14.2 Å². The average Bonchev–Trinajstić information content (AvgIpc) is 3.01. The van der Waals surface area contributed by atoms with E-state index in [1.807, 2.05) is 41.5 Å². The summed E-state index contributed by atoms with van der Waals surface area (Å²) in [6.07, 6.45) is 4.97. The van der Waals surface area contributed by atoms with Crippen molar-refractivity contribution in [2.24, 2.45) is 10.8 Å². The number of methoxy groups -OCH3 is 1. The number of esters is 2. The molecule has 0 atom stereocenters. The Kier molecular flexibility index (Phi) is 14.7. The zero-order valence-electron chi connectivity index (χ0n) is 23.4. The lowest BCUT2D eigenvalue weighted by Gasteiger charge is -2.20. The summed E-state index contributed by atoms with van der Waals surface area (Å²) in [6.45, 7) is 16.6. The molecule has 0 N–H and O–H groups in total. The van der Waals surface area contributed by atoms with Crippen molar-refractivity contribution >= 4 is 23.8 Å². The molecule has 1 aliphatic rings. The number of nitrogens with zero attached hydrogens (tertiary/aromatic N) is 1. The molecule has 0 unspecified atom stereocenters. The topological polar surface area (TPSA) is 99.2 Å². The zero-order chi connectivity index (χ0) is 27.2. The van der Waals surface area contributed by atoms with Gasteiger partial charge >= 0.3 is 11.9 Å². The molecular weight excluding hydrogens is 450 g/mol. The van der Waals surface area contributed by atoms with E-state index in [4.69, 9.17) is 14.2 Å². The molecule has 8 nitrogen and oxygen atoms in total. The fourth-order valence-electron chi connectivity index (χ4n) is 2.81. The van der Waals surface area contributed by atoms with Gasteiger partial charge in [-0.15, -0.1) is 0 Å². The molecule has 0 aromatic carbocycles. The highest BCUT2D eigenvalue weighted by Crippen LogP contribution is 2.23. The Balaban J connectivity index is 0.000000814. The number of unbranched alkanes of at least 4 members (excludes halogenated alkanes) is 3. The molecule has 0 saturated heterocycles. The largest absolute Gasteiger partial charge is 0.465 e. The number of rotatable bonds is 14. The fourth-order valence-corrected chi connectivity index (χ4v) is 2.81. The van der Waals surface area contributed by atoms with Crippen molar-refractivity contribution in [2.45, 2.75) is 93.9 Å². The van der Waals surface area contributed by atoms with Gasteiger partial charge in [-0.05, 0) is 73.6 Å². The van der Waals surface area contributed by atoms with E-state index in [9.17, 15) is 19.2 Å². The summed E-state index contributed by atoms with van der Waals surface area (Å²) < 4.78 is 15.0. The summed E-state index contributed by atoms with van der Waals surface area (Å²) in [6, 6.07) is 0. The van der Waals surface area contributed by atoms with Crippen LogP contribution in [-0.4, -0.2) is 62.1 Å². The summed E-state index contributed by atoms with van der Waals surface area (Å²) >= 11 is 0. The van der Waals surface area contributed by atoms with Crippen molar-refractivity contribution in [3.8, 4) is 0 Å². The molecule has 0 spiro atoms. The summed E-state index contributed by atoms with van der Waals surface area (Å²) in [7, 11) is 1.58. The van der Waals surface area contributed by atoms with Crippen LogP contribution in [-0.2, 0) is 33.4 Å². The highest BCUT2D eigenvalue weighted by molar-refractivity contribution is 6.18. The Bertz CT molecular complexity index is 729. The molecule has 35 heavy (non-hydrogen) atoms. The highest BCUT2D eigenvalue weighted by Gasteiger charge is 2.32. The monoisotopic (exact) mass is 497 g/mol. The van der Waals surface area contributed by atoms with Gasteiger partial charge in [0.05, 0.1) is 24.0 Å². The second-order valence-corrected chi connectivity index (χ2v) is 10.2. The van der Waals surface area contributed by atoms with Crippen LogP contribution in [0, 0.1) is 10.8 Å². The standard InChI is InChI=1S/C18H29NO4.C9H18O3/c1-6-18(4,5)17(22)23-12-10-8-7-9-11-19-15(20)13(2)14(3)16(19)21;1-5-9(2,3)8(10)12-7-6-11-4/h6-12H2,1-5H3;5-7H2,1-4H3. The van der Waals surface area contributed by atoms with Crippen LogP contribution in [0.3, 0.4) is 0 Å². The number of imide groups is 1. The maximum atomic E-state index is 11.9. The van der Waals surface area contributed by atoms with Crippen LogP contribution >= 0.6 is 0 Å². The summed E-state index contributed by atoms with van der Waals surface area (Å²) in [5.41, 5.74) is 0.327. The summed E-state index contributed by atoms with van der Waals surface area (Å²) in [5.74, 6) is -0.626. The first-order valence-corrected chi connectivity index (χ1v) is 12.6. The Hall–Kier alpha value is -2.22. The number of amides is 2. The Morgan fingerprint density at radius 3 is 1.57 bits per heavy atom. The van der Waals surface area contributed by atoms with Gasteiger partial charge in [-0.1, -0.05) is 20.3 Å². The maximum absolute atomic E-state index is 11.9. The predicted molar refractivity (Wildman–Crippen MR) is 135 cm³/mol. The first kappa shape index (κ1) is 32.8. The minimum absolute atomic E-state index is 0.148. The van der Waals surface area contributed by atoms with Gasteiger partial charge in [0.25, 0.3) is 11.8 Å². The molecule has 0 aliphatic carbocycles. The Morgan fingerprint density at radius 2 is 1.14 bits per heavy atom. The molecule has 1 rings (SSSR count). The van der Waals surface area contributed by atoms with Crippen molar-refractivity contribution in [1.29, 1.82) is 0 Å². The molecule has 1 aliphatic heterocycles. The molecular formula is C27H47NO7. The molecule has 1 heterocycles. The van der Waals surface area contributed by atoms with Gasteiger partial charge in [0.15, 0.2) is 0 Å². The van der Waals surface area contributed by atoms with Gasteiger partial charge in [0.1, 0.15) is 6.61 Å². The number of hydrogen-bond acceptors (Lipinski definition) is 7. The number of hydrogen-bond donors (Lipinski definition) is 0. The summed E-state index contributed by atoms with van der Waals surface area (Å²) in [4.78, 5) is 48.2. The number of ether oxygens (including phenoxy) is 3. The molecule has 0 radical (unpaired) electrons. The van der Waals surface area contributed by atoms with Crippen LogP contribution < -0.4 is 0 Å². The lowest BCUT2D eigenvalue weighted by atomic mass is 9.91. The van der Waals surface area contributed by atoms with Gasteiger partial charge in [0, 0.05) is 24.8 Å². The van der Waals surface area contributed by atoms with Crippen LogP contribution in [0.1, 0.15) is 93.9 Å². The van der Waals surface area contributed by atoms with Crippen molar-refractivity contribution in [3.63, 3.8) is 0 Å². The van der Waals surface area contributed by atoms with E-state index >= 15 is 0 Å². The Morgan fingerprint density at radius 1 is 0.714 bits per heavy atom. The van der Waals surface area contributed by atoms with E-state index < -0.39 is 5.41 Å². The fraction of sp³-hybridized carbons (Fsp3) is 0.778. The van der Waals surface area contributed by atoms with E-state index in [1.165, 1.54) is 4.90 Å². The molecule has 0 fully saturated rings. The molecule has 2 amide bonds. The smallest absolute Gasteiger partial charge is 0.311 e. The van der Waals surface area contributed by atoms with Gasteiger partial charge in [0.2, 0.25) is 0 Å². The highest BCUT2D eigenvalue weighted by atomic mass is 16.6. The lowest BCUT2D eigenvalue weighted by Crippen LogP contribution is -2.32. The molecule has 0 bridgehead atoms. The Labute approximate surface area is 211 Å². The van der Waals surface area contributed by atoms with Crippen LogP contribution in [0.4, 0.5) is 0 Å². The molecule has 0 aromatic heterocycles. The molecule has 8 heteroatoms. The minimum atomic E-state index is -0.417. The minimum Gasteiger partial charge on any atom is -0.465 e. The van der Waals surface area contributed by atoms with Crippen molar-refractivity contribution in [3.05, 3.63) is 11.1 Å². The summed E-state index contributed by atoms with van der Waals surface area (Å²) in [5, 5.41) is 0. The van der Waals surface area contributed by atoms with E-state index in [0.29, 0.717) is 37.5 Å². The van der Waals surface area contributed by atoms with Gasteiger partial charge in [-0.3, -0.25) is 24.1 Å². The average molecular weight is 498 g/mol. The maximum Gasteiger partial charge on any atom is 0.311 e. The van der Waals surface area contributed by atoms with Crippen LogP contribution in [0.2, 0.25) is 0 Å². The van der Waals surface area contributed by atoms with Crippen LogP contribution in [0.15, 0.2) is 11.1 Å². The van der Waals surface area contributed by atoms with E-state index in [-0.39, 0.29) is 29.2 Å². The SMILES string of the molecule is CCC(C)(C)C(=O)OCCCCCCN1C(=O)C(C)=C(C)C1=O.CCC(C)(C)C(=O)OCCOC. The zero-order valence-corrected chi connectivity index (χ0v) is 23.4. The third-order valence-corrected chi connectivity index (χ3v) is 6.60. The van der Waals surface area contributed by atoms with Crippen molar-refractivity contribution < 1.29 is 33.4 Å². The van der Waals surface area contributed by atoms with E-state index in [2.05, 4.69) is 0 Å². The predicted octanol–water partition coefficient (Wildman–Crippen LogP) is 4.84. The van der Waals surface area contributed by atoms with Gasteiger partial charge in [-0.25, -0.2) is 0 Å². The third kappa shape index (κ3) is 10.9. The van der Waals surface area contributed by atoms with E-state index in [0.717, 1.165) is 38.5 Å². The first-order chi connectivity index (χ1) is 16.3. The lowest BCUT2D eigenvalue weighted by molar-refractivity contribution is -0.155. The van der Waals surface area contributed by atoms with Crippen LogP contribution in [0.25, 0.3) is 0 Å². The quantitative estimate of drug-likeness (QED) is 0.192. The molecule has 0 saturated carbocycles. The molecule has 0 aromatic rings. The second kappa shape index (κ2) is 15.7. The van der Waals surface area contributed by atoms with Crippen molar-refractivity contribution in [2.75, 3.05) is 33.5 Å². The van der Waals surface area contributed by atoms with Crippen molar-refractivity contribution in [1.82, 2.24) is 4.90 Å². The number of carbonyl (C=O) groups excluding carboxylic acids is 4. The second-order valence-electron chi connectivity index (χ2n) is 10.2.